The number of hydrazone groups is 1. The second kappa shape index (κ2) is 7.35. The Kier molecular flexibility index (Phi) is 4.99. The molecule has 0 fully saturated rings. The van der Waals surface area contributed by atoms with Crippen molar-refractivity contribution in [3.63, 3.8) is 0 Å². The molecule has 1 aliphatic heterocycles. The number of nitrogens with zero attached hydrogens (tertiary/aromatic N) is 2. The summed E-state index contributed by atoms with van der Waals surface area (Å²) in [6.07, 6.45) is 1.55. The Hall–Kier alpha value is -2.87. The van der Waals surface area contributed by atoms with Crippen LogP contribution in [0.25, 0.3) is 0 Å². The summed E-state index contributed by atoms with van der Waals surface area (Å²) in [5.41, 5.74) is 4.89. The van der Waals surface area contributed by atoms with Gasteiger partial charge in [0.25, 0.3) is 10.0 Å². The molecule has 7 nitrogen and oxygen atoms in total. The smallest absolute Gasteiger partial charge is 0.261 e. The molecular weight excluding hydrogens is 338 g/mol. The van der Waals surface area contributed by atoms with Crippen LogP contribution < -0.4 is 15.5 Å². The summed E-state index contributed by atoms with van der Waals surface area (Å²) in [6.45, 7) is 3.40. The van der Waals surface area contributed by atoms with E-state index in [1.165, 1.54) is 0 Å². The van der Waals surface area contributed by atoms with Gasteiger partial charge in [0.1, 0.15) is 0 Å². The Balaban J connectivity index is 1.78. The monoisotopic (exact) mass is 357 g/mol. The van der Waals surface area contributed by atoms with Crippen LogP contribution in [0.3, 0.4) is 0 Å². The SMILES string of the molecule is Cc1ccc(S(=O)(=O)Nc2ccccc2/C=N/NC2=NCCN2)cc1. The Bertz CT molecular complexity index is 905. The van der Waals surface area contributed by atoms with Gasteiger partial charge in [0.2, 0.25) is 5.96 Å². The van der Waals surface area contributed by atoms with E-state index in [1.807, 2.05) is 13.0 Å². The van der Waals surface area contributed by atoms with E-state index < -0.39 is 10.0 Å². The third-order valence-corrected chi connectivity index (χ3v) is 4.97. The summed E-state index contributed by atoms with van der Waals surface area (Å²) in [4.78, 5) is 4.38. The van der Waals surface area contributed by atoms with Crippen molar-refractivity contribution in [1.29, 1.82) is 0 Å². The molecule has 0 saturated carbocycles. The molecule has 1 heterocycles. The van der Waals surface area contributed by atoms with Crippen molar-refractivity contribution in [2.24, 2.45) is 10.1 Å². The molecule has 0 atom stereocenters. The minimum Gasteiger partial charge on any atom is -0.353 e. The highest BCUT2D eigenvalue weighted by atomic mass is 32.2. The van der Waals surface area contributed by atoms with E-state index in [4.69, 9.17) is 0 Å². The number of sulfonamides is 1. The molecule has 0 aliphatic carbocycles. The number of rotatable bonds is 5. The molecule has 2 aromatic carbocycles. The van der Waals surface area contributed by atoms with Crippen LogP contribution in [0.15, 0.2) is 63.5 Å². The predicted molar refractivity (Wildman–Crippen MR) is 99.5 cm³/mol. The van der Waals surface area contributed by atoms with Gasteiger partial charge in [0.15, 0.2) is 0 Å². The van der Waals surface area contributed by atoms with Gasteiger partial charge < -0.3 is 5.32 Å². The second-order valence-electron chi connectivity index (χ2n) is 5.53. The molecule has 130 valence electrons. The van der Waals surface area contributed by atoms with Crippen LogP contribution in [0.4, 0.5) is 5.69 Å². The van der Waals surface area contributed by atoms with Crippen molar-refractivity contribution in [1.82, 2.24) is 10.7 Å². The lowest BCUT2D eigenvalue weighted by atomic mass is 10.2. The van der Waals surface area contributed by atoms with Gasteiger partial charge in [-0.05, 0) is 25.1 Å². The Labute approximate surface area is 146 Å². The van der Waals surface area contributed by atoms with E-state index in [-0.39, 0.29) is 4.90 Å². The molecule has 0 radical (unpaired) electrons. The van der Waals surface area contributed by atoms with Gasteiger partial charge >= 0.3 is 0 Å². The summed E-state index contributed by atoms with van der Waals surface area (Å²) in [7, 11) is -3.66. The first-order valence-corrected chi connectivity index (χ1v) is 9.29. The average molecular weight is 357 g/mol. The maximum atomic E-state index is 12.5. The number of aryl methyl sites for hydroxylation is 1. The molecule has 0 amide bonds. The first-order chi connectivity index (χ1) is 12.0. The quantitative estimate of drug-likeness (QED) is 0.560. The minimum absolute atomic E-state index is 0.215. The van der Waals surface area contributed by atoms with Crippen LogP contribution in [-0.4, -0.2) is 33.7 Å². The normalized spacial score (nSPS) is 14.2. The Morgan fingerprint density at radius 3 is 2.64 bits per heavy atom. The number of aliphatic imine (C=N–C) groups is 1. The highest BCUT2D eigenvalue weighted by molar-refractivity contribution is 7.92. The first kappa shape index (κ1) is 17.0. The van der Waals surface area contributed by atoms with Gasteiger partial charge in [-0.1, -0.05) is 35.9 Å². The lowest BCUT2D eigenvalue weighted by Gasteiger charge is -2.10. The van der Waals surface area contributed by atoms with Crippen molar-refractivity contribution in [2.75, 3.05) is 17.8 Å². The lowest BCUT2D eigenvalue weighted by molar-refractivity contribution is 0.601. The maximum absolute atomic E-state index is 12.5. The molecule has 0 aromatic heterocycles. The predicted octanol–water partition coefficient (Wildman–Crippen LogP) is 1.68. The second-order valence-corrected chi connectivity index (χ2v) is 7.22. The van der Waals surface area contributed by atoms with Crippen molar-refractivity contribution in [3.05, 3.63) is 59.7 Å². The molecule has 0 unspecified atom stereocenters. The van der Waals surface area contributed by atoms with Crippen LogP contribution in [0.2, 0.25) is 0 Å². The third-order valence-electron chi connectivity index (χ3n) is 3.58. The van der Waals surface area contributed by atoms with Gasteiger partial charge in [-0.15, -0.1) is 0 Å². The van der Waals surface area contributed by atoms with Crippen molar-refractivity contribution < 1.29 is 8.42 Å². The van der Waals surface area contributed by atoms with E-state index in [2.05, 4.69) is 25.6 Å². The van der Waals surface area contributed by atoms with E-state index in [1.54, 1.807) is 48.7 Å². The van der Waals surface area contributed by atoms with Gasteiger partial charge in [-0.2, -0.15) is 5.10 Å². The summed E-state index contributed by atoms with van der Waals surface area (Å²) < 4.78 is 27.7. The number of guanidine groups is 1. The zero-order valence-corrected chi connectivity index (χ0v) is 14.5. The van der Waals surface area contributed by atoms with Gasteiger partial charge in [-0.25, -0.2) is 18.8 Å². The van der Waals surface area contributed by atoms with Gasteiger partial charge in [0.05, 0.1) is 23.3 Å². The number of para-hydroxylation sites is 1. The zero-order chi connectivity index (χ0) is 17.7. The maximum Gasteiger partial charge on any atom is 0.261 e. The number of anilines is 1. The fraction of sp³-hybridized carbons (Fsp3) is 0.176. The standard InChI is InChI=1S/C17H19N5O2S/c1-13-6-8-15(9-7-13)25(23,24)22-16-5-3-2-4-14(16)12-20-21-17-18-10-11-19-17/h2-9,12,22H,10-11H2,1H3,(H2,18,19,21)/b20-12+. The lowest BCUT2D eigenvalue weighted by Crippen LogP contribution is -2.30. The molecule has 0 saturated heterocycles. The average Bonchev–Trinajstić information content (AvgIpc) is 3.10. The van der Waals surface area contributed by atoms with Crippen LogP contribution in [0, 0.1) is 6.92 Å². The fourth-order valence-corrected chi connectivity index (χ4v) is 3.35. The minimum atomic E-state index is -3.66. The topological polar surface area (TPSA) is 95.0 Å². The van der Waals surface area contributed by atoms with Crippen LogP contribution in [0.1, 0.15) is 11.1 Å². The van der Waals surface area contributed by atoms with Crippen LogP contribution in [-0.2, 0) is 10.0 Å². The number of benzene rings is 2. The van der Waals surface area contributed by atoms with E-state index >= 15 is 0 Å². The van der Waals surface area contributed by atoms with Crippen LogP contribution >= 0.6 is 0 Å². The number of nitrogens with one attached hydrogen (secondary N) is 3. The zero-order valence-electron chi connectivity index (χ0n) is 13.7. The number of hydrogen-bond donors (Lipinski definition) is 3. The van der Waals surface area contributed by atoms with E-state index in [9.17, 15) is 8.42 Å². The third kappa shape index (κ3) is 4.36. The van der Waals surface area contributed by atoms with E-state index in [0.717, 1.165) is 12.1 Å². The Morgan fingerprint density at radius 2 is 1.92 bits per heavy atom. The first-order valence-electron chi connectivity index (χ1n) is 7.80. The molecule has 3 rings (SSSR count). The largest absolute Gasteiger partial charge is 0.353 e. The van der Waals surface area contributed by atoms with Crippen LogP contribution in [0.5, 0.6) is 0 Å². The molecule has 2 aromatic rings. The molecule has 25 heavy (non-hydrogen) atoms. The molecular formula is C17H19N5O2S. The molecule has 1 aliphatic rings. The Morgan fingerprint density at radius 1 is 1.16 bits per heavy atom. The van der Waals surface area contributed by atoms with E-state index in [0.29, 0.717) is 23.8 Å². The van der Waals surface area contributed by atoms with Crippen molar-refractivity contribution in [3.8, 4) is 0 Å². The summed E-state index contributed by atoms with van der Waals surface area (Å²) in [5, 5.41) is 7.13. The summed E-state index contributed by atoms with van der Waals surface area (Å²) in [6, 6.07) is 13.7. The molecule has 8 heteroatoms. The number of hydrogen-bond acceptors (Lipinski definition) is 6. The molecule has 0 bridgehead atoms. The highest BCUT2D eigenvalue weighted by Crippen LogP contribution is 2.19. The van der Waals surface area contributed by atoms with Crippen molar-refractivity contribution in [2.45, 2.75) is 11.8 Å². The van der Waals surface area contributed by atoms with Gasteiger partial charge in [-0.3, -0.25) is 4.72 Å². The summed E-state index contributed by atoms with van der Waals surface area (Å²) >= 11 is 0. The highest BCUT2D eigenvalue weighted by Gasteiger charge is 2.15. The molecule has 0 spiro atoms. The molecule has 3 N–H and O–H groups in total. The fourth-order valence-electron chi connectivity index (χ4n) is 2.26. The van der Waals surface area contributed by atoms with Gasteiger partial charge in [0, 0.05) is 12.1 Å². The summed E-state index contributed by atoms with van der Waals surface area (Å²) in [5.74, 6) is 0.606. The van der Waals surface area contributed by atoms with Crippen molar-refractivity contribution >= 4 is 27.9 Å².